The summed E-state index contributed by atoms with van der Waals surface area (Å²) in [6, 6.07) is 0. The van der Waals surface area contributed by atoms with Crippen molar-refractivity contribution in [3.8, 4) is 0 Å². The largest absolute Gasteiger partial charge is 0.469 e. The first-order chi connectivity index (χ1) is 6.74. The molecule has 80 valence electrons. The van der Waals surface area contributed by atoms with Crippen LogP contribution in [-0.4, -0.2) is 13.1 Å². The zero-order valence-electron chi connectivity index (χ0n) is 9.21. The zero-order chi connectivity index (χ0) is 10.4. The van der Waals surface area contributed by atoms with Crippen LogP contribution in [0.2, 0.25) is 0 Å². The molecular formula is C12H20O2. The third kappa shape index (κ3) is 3.52. The van der Waals surface area contributed by atoms with Gasteiger partial charge < -0.3 is 4.74 Å². The fraction of sp³-hybridized carbons (Fsp3) is 0.750. The van der Waals surface area contributed by atoms with E-state index in [-0.39, 0.29) is 5.97 Å². The van der Waals surface area contributed by atoms with Gasteiger partial charge in [0, 0.05) is 6.42 Å². The topological polar surface area (TPSA) is 26.3 Å². The van der Waals surface area contributed by atoms with Gasteiger partial charge in [0.15, 0.2) is 0 Å². The summed E-state index contributed by atoms with van der Waals surface area (Å²) in [5.74, 6) is 0.635. The molecular weight excluding hydrogens is 176 g/mol. The Morgan fingerprint density at radius 2 is 2.43 bits per heavy atom. The van der Waals surface area contributed by atoms with Crippen LogP contribution in [0.3, 0.4) is 0 Å². The Morgan fingerprint density at radius 1 is 1.64 bits per heavy atom. The van der Waals surface area contributed by atoms with Crippen molar-refractivity contribution in [3.05, 3.63) is 11.6 Å². The molecule has 2 heteroatoms. The van der Waals surface area contributed by atoms with Crippen LogP contribution in [0.1, 0.15) is 45.4 Å². The van der Waals surface area contributed by atoms with Gasteiger partial charge >= 0.3 is 5.97 Å². The van der Waals surface area contributed by atoms with Gasteiger partial charge in [0.25, 0.3) is 0 Å². The predicted octanol–water partition coefficient (Wildman–Crippen LogP) is 3.08. The highest BCUT2D eigenvalue weighted by Crippen LogP contribution is 2.27. The third-order valence-electron chi connectivity index (χ3n) is 2.95. The summed E-state index contributed by atoms with van der Waals surface area (Å²) < 4.78 is 4.61. The highest BCUT2D eigenvalue weighted by molar-refractivity contribution is 5.69. The first-order valence-electron chi connectivity index (χ1n) is 5.49. The maximum Gasteiger partial charge on any atom is 0.305 e. The molecule has 0 aromatic carbocycles. The van der Waals surface area contributed by atoms with E-state index in [0.29, 0.717) is 6.42 Å². The first-order valence-corrected chi connectivity index (χ1v) is 5.49. The van der Waals surface area contributed by atoms with E-state index in [1.54, 1.807) is 5.57 Å². The minimum absolute atomic E-state index is 0.0888. The van der Waals surface area contributed by atoms with E-state index < -0.39 is 0 Å². The molecule has 0 heterocycles. The van der Waals surface area contributed by atoms with Crippen LogP contribution < -0.4 is 0 Å². The minimum atomic E-state index is -0.0888. The summed E-state index contributed by atoms with van der Waals surface area (Å²) in [6.45, 7) is 2.28. The number of esters is 1. The van der Waals surface area contributed by atoms with Gasteiger partial charge in [0.2, 0.25) is 0 Å². The lowest BCUT2D eigenvalue weighted by Crippen LogP contribution is -2.06. The van der Waals surface area contributed by atoms with Crippen LogP contribution in [0.25, 0.3) is 0 Å². The second-order valence-electron chi connectivity index (χ2n) is 4.04. The van der Waals surface area contributed by atoms with E-state index in [9.17, 15) is 4.79 Å². The lowest BCUT2D eigenvalue weighted by Gasteiger charge is -2.20. The fourth-order valence-electron chi connectivity index (χ4n) is 1.99. The quantitative estimate of drug-likeness (QED) is 0.510. The van der Waals surface area contributed by atoms with Crippen LogP contribution >= 0.6 is 0 Å². The Kier molecular flexibility index (Phi) is 4.71. The van der Waals surface area contributed by atoms with E-state index in [1.165, 1.54) is 26.4 Å². The highest BCUT2D eigenvalue weighted by atomic mass is 16.5. The molecule has 2 nitrogen and oxygen atoms in total. The predicted molar refractivity (Wildman–Crippen MR) is 57.0 cm³/mol. The molecule has 0 amide bonds. The van der Waals surface area contributed by atoms with Crippen LogP contribution in [0.15, 0.2) is 11.6 Å². The Balaban J connectivity index is 2.23. The molecule has 14 heavy (non-hydrogen) atoms. The number of allylic oxidation sites excluding steroid dienone is 2. The van der Waals surface area contributed by atoms with Crippen molar-refractivity contribution >= 4 is 5.97 Å². The average molecular weight is 196 g/mol. The number of carbonyl (C=O) groups excluding carboxylic acids is 1. The minimum Gasteiger partial charge on any atom is -0.469 e. The molecule has 1 atom stereocenters. The molecule has 1 aliphatic carbocycles. The molecule has 0 aromatic heterocycles. The van der Waals surface area contributed by atoms with Gasteiger partial charge in [-0.25, -0.2) is 0 Å². The smallest absolute Gasteiger partial charge is 0.305 e. The Labute approximate surface area is 86.3 Å². The molecule has 0 bridgehead atoms. The average Bonchev–Trinajstić information content (AvgIpc) is 2.20. The number of carbonyl (C=O) groups is 1. The summed E-state index contributed by atoms with van der Waals surface area (Å²) in [5.41, 5.74) is 1.54. The van der Waals surface area contributed by atoms with Crippen molar-refractivity contribution in [2.45, 2.75) is 45.4 Å². The SMILES string of the molecule is COC(=O)CCCC1=CCCCC1C. The Bertz CT molecular complexity index is 218. The molecule has 0 aromatic rings. The third-order valence-corrected chi connectivity index (χ3v) is 2.95. The number of hydrogen-bond acceptors (Lipinski definition) is 2. The summed E-state index contributed by atoms with van der Waals surface area (Å²) in [5, 5.41) is 0. The van der Waals surface area contributed by atoms with E-state index >= 15 is 0 Å². The summed E-state index contributed by atoms with van der Waals surface area (Å²) in [4.78, 5) is 10.9. The molecule has 1 rings (SSSR count). The highest BCUT2D eigenvalue weighted by Gasteiger charge is 2.12. The number of hydrogen-bond donors (Lipinski definition) is 0. The van der Waals surface area contributed by atoms with Crippen molar-refractivity contribution in [2.24, 2.45) is 5.92 Å². The standard InChI is InChI=1S/C12H20O2/c1-10-6-3-4-7-11(10)8-5-9-12(13)14-2/h7,10H,3-6,8-9H2,1-2H3. The van der Waals surface area contributed by atoms with Crippen LogP contribution in [0, 0.1) is 5.92 Å². The van der Waals surface area contributed by atoms with Crippen molar-refractivity contribution in [3.63, 3.8) is 0 Å². The van der Waals surface area contributed by atoms with Crippen molar-refractivity contribution in [2.75, 3.05) is 7.11 Å². The normalized spacial score (nSPS) is 21.6. The summed E-state index contributed by atoms with van der Waals surface area (Å²) in [6.07, 6.45) is 8.76. The van der Waals surface area contributed by atoms with Gasteiger partial charge in [-0.3, -0.25) is 4.79 Å². The summed E-state index contributed by atoms with van der Waals surface area (Å²) >= 11 is 0. The van der Waals surface area contributed by atoms with Gasteiger partial charge in [0.05, 0.1) is 7.11 Å². The van der Waals surface area contributed by atoms with E-state index in [1.807, 2.05) is 0 Å². The van der Waals surface area contributed by atoms with Crippen molar-refractivity contribution < 1.29 is 9.53 Å². The number of methoxy groups -OCH3 is 1. The molecule has 0 N–H and O–H groups in total. The maximum absolute atomic E-state index is 10.9. The maximum atomic E-state index is 10.9. The van der Waals surface area contributed by atoms with Gasteiger partial charge in [-0.15, -0.1) is 0 Å². The van der Waals surface area contributed by atoms with E-state index in [2.05, 4.69) is 17.7 Å². The molecule has 0 saturated heterocycles. The molecule has 0 radical (unpaired) electrons. The van der Waals surface area contributed by atoms with Crippen molar-refractivity contribution in [1.29, 1.82) is 0 Å². The van der Waals surface area contributed by atoms with Gasteiger partial charge in [-0.05, 0) is 38.0 Å². The second-order valence-corrected chi connectivity index (χ2v) is 4.04. The molecule has 1 aliphatic rings. The molecule has 0 aliphatic heterocycles. The van der Waals surface area contributed by atoms with Crippen LogP contribution in [0.5, 0.6) is 0 Å². The van der Waals surface area contributed by atoms with Gasteiger partial charge in [-0.2, -0.15) is 0 Å². The molecule has 1 unspecified atom stereocenters. The Morgan fingerprint density at radius 3 is 3.07 bits per heavy atom. The Hall–Kier alpha value is -0.790. The van der Waals surface area contributed by atoms with E-state index in [0.717, 1.165) is 18.8 Å². The zero-order valence-corrected chi connectivity index (χ0v) is 9.21. The molecule has 0 spiro atoms. The van der Waals surface area contributed by atoms with Gasteiger partial charge in [-0.1, -0.05) is 18.6 Å². The number of ether oxygens (including phenoxy) is 1. The van der Waals surface area contributed by atoms with E-state index in [4.69, 9.17) is 0 Å². The monoisotopic (exact) mass is 196 g/mol. The molecule has 0 fully saturated rings. The lowest BCUT2D eigenvalue weighted by molar-refractivity contribution is -0.140. The van der Waals surface area contributed by atoms with Crippen LogP contribution in [-0.2, 0) is 9.53 Å². The van der Waals surface area contributed by atoms with Gasteiger partial charge in [0.1, 0.15) is 0 Å². The lowest BCUT2D eigenvalue weighted by atomic mass is 9.86. The summed E-state index contributed by atoms with van der Waals surface area (Å²) in [7, 11) is 1.45. The fourth-order valence-corrected chi connectivity index (χ4v) is 1.99. The first kappa shape index (κ1) is 11.3. The van der Waals surface area contributed by atoms with Crippen LogP contribution in [0.4, 0.5) is 0 Å². The molecule has 0 saturated carbocycles. The van der Waals surface area contributed by atoms with Crippen molar-refractivity contribution in [1.82, 2.24) is 0 Å². The second kappa shape index (κ2) is 5.84. The number of rotatable bonds is 4.